The zero-order chi connectivity index (χ0) is 16.1. The maximum Gasteiger partial charge on any atom is 0.271 e. The van der Waals surface area contributed by atoms with Crippen LogP contribution in [-0.2, 0) is 20.0 Å². The van der Waals surface area contributed by atoms with Crippen molar-refractivity contribution in [3.05, 3.63) is 35.7 Å². The van der Waals surface area contributed by atoms with Crippen LogP contribution in [0.15, 0.2) is 18.3 Å². The van der Waals surface area contributed by atoms with E-state index in [-0.39, 0.29) is 18.0 Å². The highest BCUT2D eigenvalue weighted by Gasteiger charge is 2.41. The Kier molecular flexibility index (Phi) is 3.28. The van der Waals surface area contributed by atoms with Crippen LogP contribution in [0.4, 0.5) is 0 Å². The van der Waals surface area contributed by atoms with Gasteiger partial charge in [0.1, 0.15) is 17.3 Å². The molecule has 2 aliphatic heterocycles. The van der Waals surface area contributed by atoms with Crippen LogP contribution in [0.25, 0.3) is 0 Å². The molecule has 1 fully saturated rings. The zero-order valence-electron chi connectivity index (χ0n) is 13.9. The van der Waals surface area contributed by atoms with Gasteiger partial charge in [-0.3, -0.25) is 4.79 Å². The standard InChI is InChI=1S/C17H23N5O/c1-11(2)16-19-18-15-9-12-6-7-13(10-21(15)16)22(12)17(23)14-5-4-8-20(14)3/h4-5,8,11-13H,6-7,9-10H2,1-3H3. The van der Waals surface area contributed by atoms with Gasteiger partial charge in [-0.15, -0.1) is 10.2 Å². The van der Waals surface area contributed by atoms with Crippen molar-refractivity contribution in [2.45, 2.75) is 57.7 Å². The number of fused-ring (bicyclic) bond motifs is 3. The van der Waals surface area contributed by atoms with Gasteiger partial charge in [0.05, 0.1) is 6.04 Å². The fourth-order valence-corrected chi connectivity index (χ4v) is 4.04. The summed E-state index contributed by atoms with van der Waals surface area (Å²) >= 11 is 0. The second-order valence-electron chi connectivity index (χ2n) is 7.05. The van der Waals surface area contributed by atoms with Gasteiger partial charge in [0.2, 0.25) is 0 Å². The molecule has 6 heteroatoms. The Labute approximate surface area is 136 Å². The van der Waals surface area contributed by atoms with E-state index in [1.807, 2.05) is 29.9 Å². The number of hydrogen-bond acceptors (Lipinski definition) is 3. The van der Waals surface area contributed by atoms with Crippen molar-refractivity contribution in [3.63, 3.8) is 0 Å². The number of nitrogens with zero attached hydrogens (tertiary/aromatic N) is 5. The first kappa shape index (κ1) is 14.5. The average Bonchev–Trinajstić information content (AvgIpc) is 3.16. The summed E-state index contributed by atoms with van der Waals surface area (Å²) in [6.07, 6.45) is 4.87. The molecule has 122 valence electrons. The minimum absolute atomic E-state index is 0.148. The quantitative estimate of drug-likeness (QED) is 0.852. The monoisotopic (exact) mass is 313 g/mol. The van der Waals surface area contributed by atoms with Gasteiger partial charge in [-0.1, -0.05) is 13.8 Å². The van der Waals surface area contributed by atoms with Crippen molar-refractivity contribution in [2.75, 3.05) is 0 Å². The second kappa shape index (κ2) is 5.22. The molecule has 2 unspecified atom stereocenters. The van der Waals surface area contributed by atoms with Crippen LogP contribution in [0.1, 0.15) is 54.7 Å². The maximum absolute atomic E-state index is 13.0. The lowest BCUT2D eigenvalue weighted by molar-refractivity contribution is 0.0655. The number of carbonyl (C=O) groups excluding carboxylic acids is 1. The molecule has 0 spiro atoms. The van der Waals surface area contributed by atoms with Crippen molar-refractivity contribution >= 4 is 5.91 Å². The third-order valence-corrected chi connectivity index (χ3v) is 5.20. The summed E-state index contributed by atoms with van der Waals surface area (Å²) in [6, 6.07) is 4.33. The first-order valence-electron chi connectivity index (χ1n) is 8.42. The highest BCUT2D eigenvalue weighted by molar-refractivity contribution is 5.93. The molecule has 0 radical (unpaired) electrons. The maximum atomic E-state index is 13.0. The third-order valence-electron chi connectivity index (χ3n) is 5.20. The SMILES string of the molecule is CC(C)c1nnc2n1CC1CCC(C2)N1C(=O)c1cccn1C. The van der Waals surface area contributed by atoms with Crippen molar-refractivity contribution in [3.8, 4) is 0 Å². The lowest BCUT2D eigenvalue weighted by Gasteiger charge is -2.28. The van der Waals surface area contributed by atoms with E-state index in [0.29, 0.717) is 5.92 Å². The molecule has 4 heterocycles. The Morgan fingerprint density at radius 2 is 2.04 bits per heavy atom. The number of aromatic nitrogens is 4. The summed E-state index contributed by atoms with van der Waals surface area (Å²) in [5, 5.41) is 8.78. The molecule has 2 aliphatic rings. The van der Waals surface area contributed by atoms with E-state index in [1.165, 1.54) is 0 Å². The molecule has 2 aromatic rings. The summed E-state index contributed by atoms with van der Waals surface area (Å²) in [7, 11) is 1.93. The molecule has 6 nitrogen and oxygen atoms in total. The average molecular weight is 313 g/mol. The van der Waals surface area contributed by atoms with Gasteiger partial charge in [-0.25, -0.2) is 0 Å². The minimum atomic E-state index is 0.148. The van der Waals surface area contributed by atoms with Crippen LogP contribution >= 0.6 is 0 Å². The van der Waals surface area contributed by atoms with Crippen molar-refractivity contribution in [1.29, 1.82) is 0 Å². The Hall–Kier alpha value is -2.11. The van der Waals surface area contributed by atoms with Gasteiger partial charge in [-0.2, -0.15) is 0 Å². The van der Waals surface area contributed by atoms with E-state index in [9.17, 15) is 4.79 Å². The summed E-state index contributed by atoms with van der Waals surface area (Å²) < 4.78 is 4.16. The van der Waals surface area contributed by atoms with Crippen LogP contribution in [0.3, 0.4) is 0 Å². The lowest BCUT2D eigenvalue weighted by Crippen LogP contribution is -2.42. The van der Waals surface area contributed by atoms with E-state index < -0.39 is 0 Å². The Balaban J connectivity index is 1.68. The molecule has 1 amide bonds. The topological polar surface area (TPSA) is 56.0 Å². The number of carbonyl (C=O) groups is 1. The summed E-state index contributed by atoms with van der Waals surface area (Å²) in [6.45, 7) is 5.11. The normalized spacial score (nSPS) is 23.2. The van der Waals surface area contributed by atoms with Gasteiger partial charge >= 0.3 is 0 Å². The third kappa shape index (κ3) is 2.19. The summed E-state index contributed by atoms with van der Waals surface area (Å²) in [4.78, 5) is 15.2. The summed E-state index contributed by atoms with van der Waals surface area (Å²) in [5.41, 5.74) is 0.767. The molecule has 2 atom stereocenters. The van der Waals surface area contributed by atoms with Gasteiger partial charge in [-0.05, 0) is 25.0 Å². The fraction of sp³-hybridized carbons (Fsp3) is 0.588. The Morgan fingerprint density at radius 3 is 2.74 bits per heavy atom. The molecule has 2 bridgehead atoms. The molecular formula is C17H23N5O. The van der Waals surface area contributed by atoms with E-state index in [1.54, 1.807) is 0 Å². The van der Waals surface area contributed by atoms with Crippen molar-refractivity contribution in [1.82, 2.24) is 24.2 Å². The molecule has 0 N–H and O–H groups in total. The number of amides is 1. The van der Waals surface area contributed by atoms with E-state index in [0.717, 1.165) is 43.1 Å². The van der Waals surface area contributed by atoms with E-state index in [2.05, 4.69) is 33.5 Å². The first-order valence-corrected chi connectivity index (χ1v) is 8.42. The lowest BCUT2D eigenvalue weighted by atomic mass is 10.1. The smallest absolute Gasteiger partial charge is 0.271 e. The minimum Gasteiger partial charge on any atom is -0.347 e. The Bertz CT molecular complexity index is 744. The van der Waals surface area contributed by atoms with Crippen LogP contribution in [0.5, 0.6) is 0 Å². The van der Waals surface area contributed by atoms with Gasteiger partial charge in [0.25, 0.3) is 5.91 Å². The van der Waals surface area contributed by atoms with Crippen molar-refractivity contribution in [2.24, 2.45) is 7.05 Å². The number of aryl methyl sites for hydroxylation is 1. The van der Waals surface area contributed by atoms with Gasteiger partial charge in [0.15, 0.2) is 0 Å². The summed E-state index contributed by atoms with van der Waals surface area (Å²) in [5.74, 6) is 2.57. The predicted molar refractivity (Wildman–Crippen MR) is 86.2 cm³/mol. The Morgan fingerprint density at radius 1 is 1.26 bits per heavy atom. The molecule has 1 saturated heterocycles. The molecule has 4 rings (SSSR count). The highest BCUT2D eigenvalue weighted by atomic mass is 16.2. The van der Waals surface area contributed by atoms with Crippen LogP contribution < -0.4 is 0 Å². The molecule has 23 heavy (non-hydrogen) atoms. The fourth-order valence-electron chi connectivity index (χ4n) is 4.04. The van der Waals surface area contributed by atoms with Crippen LogP contribution in [0.2, 0.25) is 0 Å². The highest BCUT2D eigenvalue weighted by Crippen LogP contribution is 2.33. The van der Waals surface area contributed by atoms with E-state index in [4.69, 9.17) is 0 Å². The number of rotatable bonds is 2. The predicted octanol–water partition coefficient (Wildman–Crippen LogP) is 1.97. The molecule has 2 aromatic heterocycles. The van der Waals surface area contributed by atoms with E-state index >= 15 is 0 Å². The largest absolute Gasteiger partial charge is 0.347 e. The van der Waals surface area contributed by atoms with Crippen LogP contribution in [-0.4, -0.2) is 42.2 Å². The van der Waals surface area contributed by atoms with Crippen LogP contribution in [0, 0.1) is 0 Å². The second-order valence-corrected chi connectivity index (χ2v) is 7.05. The zero-order valence-corrected chi connectivity index (χ0v) is 13.9. The molecule has 0 aromatic carbocycles. The molecule has 0 saturated carbocycles. The van der Waals surface area contributed by atoms with Crippen molar-refractivity contribution < 1.29 is 4.79 Å². The molecule has 0 aliphatic carbocycles. The number of hydrogen-bond donors (Lipinski definition) is 0. The van der Waals surface area contributed by atoms with Gasteiger partial charge < -0.3 is 14.0 Å². The van der Waals surface area contributed by atoms with Gasteiger partial charge in [0, 0.05) is 38.2 Å². The first-order chi connectivity index (χ1) is 11.1. The molecular weight excluding hydrogens is 290 g/mol.